The lowest BCUT2D eigenvalue weighted by molar-refractivity contribution is -0.102. The highest BCUT2D eigenvalue weighted by Gasteiger charge is 2.53. The van der Waals surface area contributed by atoms with Crippen LogP contribution in [-0.4, -0.2) is 51.8 Å². The third-order valence-corrected chi connectivity index (χ3v) is 10.6. The Balaban J connectivity index is 1.16. The third-order valence-electron chi connectivity index (χ3n) is 10.6. The van der Waals surface area contributed by atoms with Crippen molar-refractivity contribution in [1.29, 1.82) is 0 Å². The Bertz CT molecular complexity index is 2220. The molecule has 0 saturated heterocycles. The fourth-order valence-electron chi connectivity index (χ4n) is 7.76. The van der Waals surface area contributed by atoms with Gasteiger partial charge in [-0.3, -0.25) is 0 Å². The molecule has 0 bridgehead atoms. The molecular formula is C50H51NO8. The van der Waals surface area contributed by atoms with Crippen LogP contribution in [0.2, 0.25) is 0 Å². The maximum atomic E-state index is 6.94. The minimum atomic E-state index is -0.743. The summed E-state index contributed by atoms with van der Waals surface area (Å²) in [5, 5.41) is 0. The molecule has 0 spiro atoms. The molecule has 2 unspecified atom stereocenters. The molecule has 2 aliphatic rings. The predicted molar refractivity (Wildman–Crippen MR) is 226 cm³/mol. The Kier molecular flexibility index (Phi) is 13.4. The van der Waals surface area contributed by atoms with Crippen LogP contribution in [0.25, 0.3) is 0 Å². The van der Waals surface area contributed by atoms with Crippen molar-refractivity contribution in [1.82, 2.24) is 0 Å². The van der Waals surface area contributed by atoms with Crippen LogP contribution in [0.1, 0.15) is 44.9 Å². The fraction of sp³-hybridized carbons (Fsp3) is 0.280. The molecule has 0 amide bonds. The molecule has 9 heteroatoms. The van der Waals surface area contributed by atoms with Crippen molar-refractivity contribution >= 4 is 0 Å². The van der Waals surface area contributed by atoms with Crippen molar-refractivity contribution in [2.75, 3.05) is 46.2 Å². The number of benzene rings is 6. The quantitative estimate of drug-likeness (QED) is 0.0717. The highest BCUT2D eigenvalue weighted by Crippen LogP contribution is 2.58. The Labute approximate surface area is 346 Å². The minimum Gasteiger partial charge on any atom is -0.486 e. The van der Waals surface area contributed by atoms with Gasteiger partial charge in [-0.2, -0.15) is 0 Å². The van der Waals surface area contributed by atoms with E-state index in [0.717, 1.165) is 38.9 Å². The summed E-state index contributed by atoms with van der Waals surface area (Å²) >= 11 is 0. The first-order valence-electron chi connectivity index (χ1n) is 20.3. The molecule has 8 rings (SSSR count). The SMILES string of the molecule is NCCOCCOCCOC12COc3c(ccc(OCc4ccccc4)c3OCc3ccccc3)C1c1cc(OCc3ccccc3)c(OCc3ccccc3)cc1C2. The van der Waals surface area contributed by atoms with E-state index in [2.05, 4.69) is 42.5 Å². The van der Waals surface area contributed by atoms with E-state index in [1.165, 1.54) is 0 Å². The van der Waals surface area contributed by atoms with Gasteiger partial charge in [-0.25, -0.2) is 0 Å². The largest absolute Gasteiger partial charge is 0.486 e. The number of hydrogen-bond acceptors (Lipinski definition) is 9. The molecule has 6 aromatic carbocycles. The van der Waals surface area contributed by atoms with Crippen LogP contribution in [0, 0.1) is 0 Å². The van der Waals surface area contributed by atoms with Crippen LogP contribution in [0.15, 0.2) is 146 Å². The van der Waals surface area contributed by atoms with Gasteiger partial charge in [-0.15, -0.1) is 0 Å². The van der Waals surface area contributed by atoms with E-state index >= 15 is 0 Å². The van der Waals surface area contributed by atoms with Crippen molar-refractivity contribution in [2.45, 2.75) is 44.4 Å². The lowest BCUT2D eigenvalue weighted by atomic mass is 9.80. The molecule has 304 valence electrons. The van der Waals surface area contributed by atoms with Gasteiger partial charge in [0, 0.05) is 24.4 Å². The van der Waals surface area contributed by atoms with Crippen LogP contribution in [0.3, 0.4) is 0 Å². The first-order valence-corrected chi connectivity index (χ1v) is 20.3. The van der Waals surface area contributed by atoms with E-state index in [9.17, 15) is 0 Å². The monoisotopic (exact) mass is 793 g/mol. The Morgan fingerprint density at radius 2 is 1.00 bits per heavy atom. The zero-order valence-electron chi connectivity index (χ0n) is 33.3. The second-order valence-corrected chi connectivity index (χ2v) is 14.7. The van der Waals surface area contributed by atoms with Gasteiger partial charge in [-0.05, 0) is 51.6 Å². The maximum Gasteiger partial charge on any atom is 0.204 e. The number of ether oxygens (including phenoxy) is 8. The number of nitrogens with two attached hydrogens (primary N) is 1. The molecule has 0 aromatic heterocycles. The van der Waals surface area contributed by atoms with Crippen molar-refractivity contribution in [3.63, 3.8) is 0 Å². The van der Waals surface area contributed by atoms with E-state index < -0.39 is 5.60 Å². The van der Waals surface area contributed by atoms with Gasteiger partial charge in [0.2, 0.25) is 5.75 Å². The van der Waals surface area contributed by atoms with Gasteiger partial charge in [0.25, 0.3) is 0 Å². The molecule has 1 aliphatic carbocycles. The van der Waals surface area contributed by atoms with E-state index in [0.29, 0.717) is 101 Å². The second kappa shape index (κ2) is 19.7. The van der Waals surface area contributed by atoms with Gasteiger partial charge in [-0.1, -0.05) is 127 Å². The van der Waals surface area contributed by atoms with E-state index in [1.54, 1.807) is 0 Å². The second-order valence-electron chi connectivity index (χ2n) is 14.7. The van der Waals surface area contributed by atoms with Crippen molar-refractivity contribution in [3.8, 4) is 28.7 Å². The molecule has 0 saturated carbocycles. The predicted octanol–water partition coefficient (Wildman–Crippen LogP) is 8.83. The average molecular weight is 794 g/mol. The van der Waals surface area contributed by atoms with Crippen LogP contribution in [0.4, 0.5) is 0 Å². The zero-order valence-corrected chi connectivity index (χ0v) is 33.3. The van der Waals surface area contributed by atoms with E-state index in [-0.39, 0.29) is 12.5 Å². The standard InChI is InChI=1S/C50H51NO8/c51-23-24-52-25-26-53-27-28-59-50-31-41-29-45(55-33-38-15-7-2-8-16-38)46(56-34-39-17-9-3-10-18-39)30-43(41)47(50)42-21-22-44(54-32-37-13-5-1-6-14-37)49(48(42)58-36-50)57-35-40-19-11-4-12-20-40/h1-22,29-30,47H,23-28,31-36,51H2. The van der Waals surface area contributed by atoms with Gasteiger partial charge < -0.3 is 43.6 Å². The summed E-state index contributed by atoms with van der Waals surface area (Å²) in [6.07, 6.45) is 0.596. The van der Waals surface area contributed by atoms with E-state index in [1.807, 2.05) is 103 Å². The smallest absolute Gasteiger partial charge is 0.204 e. The summed E-state index contributed by atoms with van der Waals surface area (Å²) < 4.78 is 51.5. The maximum absolute atomic E-state index is 6.94. The Morgan fingerprint density at radius 3 is 1.56 bits per heavy atom. The molecule has 2 atom stereocenters. The van der Waals surface area contributed by atoms with Gasteiger partial charge in [0.05, 0.1) is 33.0 Å². The Morgan fingerprint density at radius 1 is 0.508 bits per heavy atom. The number of rotatable bonds is 21. The number of hydrogen-bond donors (Lipinski definition) is 1. The van der Waals surface area contributed by atoms with Gasteiger partial charge in [0.1, 0.15) is 38.6 Å². The zero-order chi connectivity index (χ0) is 40.1. The molecular weight excluding hydrogens is 743 g/mol. The van der Waals surface area contributed by atoms with E-state index in [4.69, 9.17) is 43.6 Å². The molecule has 59 heavy (non-hydrogen) atoms. The normalized spacial score (nSPS) is 16.3. The third kappa shape index (κ3) is 9.90. The highest BCUT2D eigenvalue weighted by atomic mass is 16.6. The topological polar surface area (TPSA) is 99.9 Å². The lowest BCUT2D eigenvalue weighted by Gasteiger charge is -2.41. The summed E-state index contributed by atoms with van der Waals surface area (Å²) in [4.78, 5) is 0. The highest BCUT2D eigenvalue weighted by molar-refractivity contribution is 5.64. The van der Waals surface area contributed by atoms with Crippen molar-refractivity contribution in [3.05, 3.63) is 185 Å². The van der Waals surface area contributed by atoms with Crippen LogP contribution >= 0.6 is 0 Å². The summed E-state index contributed by atoms with van der Waals surface area (Å²) in [6.45, 7) is 4.48. The molecule has 6 aromatic rings. The average Bonchev–Trinajstić information content (AvgIpc) is 3.61. The van der Waals surface area contributed by atoms with Crippen LogP contribution in [-0.2, 0) is 47.1 Å². The fourth-order valence-corrected chi connectivity index (χ4v) is 7.76. The lowest BCUT2D eigenvalue weighted by Crippen LogP contribution is -2.47. The molecule has 2 N–H and O–H groups in total. The molecule has 0 radical (unpaired) electrons. The first-order chi connectivity index (χ1) is 29.2. The summed E-state index contributed by atoms with van der Waals surface area (Å²) in [7, 11) is 0. The Hall–Kier alpha value is -5.84. The van der Waals surface area contributed by atoms with Crippen LogP contribution in [0.5, 0.6) is 28.7 Å². The minimum absolute atomic E-state index is 0.223. The molecule has 9 nitrogen and oxygen atoms in total. The van der Waals surface area contributed by atoms with Crippen molar-refractivity contribution < 1.29 is 37.9 Å². The van der Waals surface area contributed by atoms with Gasteiger partial charge in [0.15, 0.2) is 23.0 Å². The van der Waals surface area contributed by atoms with Crippen LogP contribution < -0.4 is 29.4 Å². The first kappa shape index (κ1) is 40.0. The van der Waals surface area contributed by atoms with Gasteiger partial charge >= 0.3 is 0 Å². The van der Waals surface area contributed by atoms with Crippen molar-refractivity contribution in [2.24, 2.45) is 5.73 Å². The summed E-state index contributed by atoms with van der Waals surface area (Å²) in [6, 6.07) is 48.9. The summed E-state index contributed by atoms with van der Waals surface area (Å²) in [5.41, 5.74) is 12.2. The molecule has 1 heterocycles. The summed E-state index contributed by atoms with van der Waals surface area (Å²) in [5.74, 6) is 2.93. The molecule has 1 aliphatic heterocycles. The molecule has 0 fully saturated rings. The number of fused-ring (bicyclic) bond motifs is 5.